The quantitative estimate of drug-likeness (QED) is 0.676. The molecule has 0 aromatic rings. The Morgan fingerprint density at radius 1 is 1.62 bits per heavy atom. The molecule has 1 aliphatic rings. The van der Waals surface area contributed by atoms with E-state index in [1.54, 1.807) is 0 Å². The standard InChI is InChI=1S/C11H16O2/c1-4-8(2)10(12)11-9(3)6-5-7-13-11/h6-8,10,12H,4H2,1-3H3. The minimum Gasteiger partial charge on any atom is -0.458 e. The largest absolute Gasteiger partial charge is 0.458 e. The van der Waals surface area contributed by atoms with Crippen molar-refractivity contribution in [3.63, 3.8) is 0 Å². The van der Waals surface area contributed by atoms with Crippen molar-refractivity contribution in [2.75, 3.05) is 0 Å². The molecule has 2 heteroatoms. The summed E-state index contributed by atoms with van der Waals surface area (Å²) in [5.41, 5.74) is 3.79. The molecule has 1 heterocycles. The molecular weight excluding hydrogens is 164 g/mol. The van der Waals surface area contributed by atoms with Gasteiger partial charge in [0.2, 0.25) is 0 Å². The Balaban J connectivity index is 2.78. The van der Waals surface area contributed by atoms with Gasteiger partial charge in [0.1, 0.15) is 18.1 Å². The van der Waals surface area contributed by atoms with Gasteiger partial charge in [0.15, 0.2) is 0 Å². The molecule has 0 aromatic carbocycles. The number of aliphatic hydroxyl groups is 1. The molecule has 1 N–H and O–H groups in total. The van der Waals surface area contributed by atoms with Crippen molar-refractivity contribution in [1.82, 2.24) is 0 Å². The summed E-state index contributed by atoms with van der Waals surface area (Å²) in [7, 11) is 0. The van der Waals surface area contributed by atoms with Crippen LogP contribution in [0.1, 0.15) is 27.2 Å². The molecule has 0 aliphatic carbocycles. The molecule has 0 spiro atoms. The second kappa shape index (κ2) is 4.31. The summed E-state index contributed by atoms with van der Waals surface area (Å²) in [5, 5.41) is 9.86. The zero-order valence-electron chi connectivity index (χ0n) is 8.37. The van der Waals surface area contributed by atoms with Crippen molar-refractivity contribution in [2.24, 2.45) is 5.92 Å². The van der Waals surface area contributed by atoms with Gasteiger partial charge in [-0.05, 0) is 24.5 Å². The second-order valence-corrected chi connectivity index (χ2v) is 3.42. The minimum absolute atomic E-state index is 0.227. The zero-order chi connectivity index (χ0) is 9.84. The highest BCUT2D eigenvalue weighted by molar-refractivity contribution is 5.25. The first-order chi connectivity index (χ1) is 6.16. The van der Waals surface area contributed by atoms with Crippen LogP contribution in [0.3, 0.4) is 0 Å². The van der Waals surface area contributed by atoms with Crippen LogP contribution in [0.5, 0.6) is 0 Å². The Labute approximate surface area is 79.2 Å². The van der Waals surface area contributed by atoms with Gasteiger partial charge in [0.25, 0.3) is 0 Å². The lowest BCUT2D eigenvalue weighted by atomic mass is 9.98. The highest BCUT2D eigenvalue weighted by atomic mass is 16.5. The number of hydrogen-bond acceptors (Lipinski definition) is 2. The van der Waals surface area contributed by atoms with Crippen LogP contribution < -0.4 is 0 Å². The molecule has 13 heavy (non-hydrogen) atoms. The van der Waals surface area contributed by atoms with E-state index in [0.717, 1.165) is 12.0 Å². The van der Waals surface area contributed by atoms with Crippen LogP contribution in [0.25, 0.3) is 0 Å². The average Bonchev–Trinajstić information content (AvgIpc) is 2.16. The maximum atomic E-state index is 9.86. The lowest BCUT2D eigenvalue weighted by Crippen LogP contribution is -2.21. The van der Waals surface area contributed by atoms with E-state index in [1.165, 1.54) is 6.26 Å². The lowest BCUT2D eigenvalue weighted by Gasteiger charge is -2.21. The smallest absolute Gasteiger partial charge is 0.136 e. The van der Waals surface area contributed by atoms with Crippen molar-refractivity contribution >= 4 is 0 Å². The van der Waals surface area contributed by atoms with Crippen LogP contribution in [-0.4, -0.2) is 11.2 Å². The summed E-state index contributed by atoms with van der Waals surface area (Å²) in [6.07, 6.45) is 3.74. The van der Waals surface area contributed by atoms with Gasteiger partial charge in [-0.25, -0.2) is 0 Å². The minimum atomic E-state index is -0.500. The summed E-state index contributed by atoms with van der Waals surface area (Å²) >= 11 is 0. The van der Waals surface area contributed by atoms with Gasteiger partial charge in [0, 0.05) is 0 Å². The Bertz CT molecular complexity index is 270. The molecule has 0 saturated heterocycles. The van der Waals surface area contributed by atoms with E-state index in [1.807, 2.05) is 19.9 Å². The van der Waals surface area contributed by atoms with Gasteiger partial charge in [-0.15, -0.1) is 0 Å². The van der Waals surface area contributed by atoms with E-state index >= 15 is 0 Å². The fraction of sp³-hybridized carbons (Fsp3) is 0.545. The van der Waals surface area contributed by atoms with Crippen molar-refractivity contribution in [2.45, 2.75) is 33.3 Å². The van der Waals surface area contributed by atoms with Gasteiger partial charge in [-0.3, -0.25) is 0 Å². The highest BCUT2D eigenvalue weighted by Gasteiger charge is 2.20. The van der Waals surface area contributed by atoms with Crippen LogP contribution in [0.2, 0.25) is 0 Å². The first-order valence-corrected chi connectivity index (χ1v) is 4.63. The molecular formula is C11H16O2. The average molecular weight is 180 g/mol. The maximum absolute atomic E-state index is 9.86. The predicted octanol–water partition coefficient (Wildman–Crippen LogP) is 2.37. The van der Waals surface area contributed by atoms with E-state index in [2.05, 4.69) is 12.7 Å². The Morgan fingerprint density at radius 2 is 2.31 bits per heavy atom. The summed E-state index contributed by atoms with van der Waals surface area (Å²) in [6, 6.07) is 0. The second-order valence-electron chi connectivity index (χ2n) is 3.42. The molecule has 0 amide bonds. The topological polar surface area (TPSA) is 29.5 Å². The molecule has 1 rings (SSSR count). The number of allylic oxidation sites excluding steroid dienone is 2. The fourth-order valence-electron chi connectivity index (χ4n) is 1.21. The highest BCUT2D eigenvalue weighted by Crippen LogP contribution is 2.22. The SMILES string of the molecule is CCC(C)C(O)C1=C(C)C=C=CO1. The Kier molecular flexibility index (Phi) is 3.35. The number of ether oxygens (including phenoxy) is 1. The molecule has 0 aromatic heterocycles. The molecule has 2 atom stereocenters. The third kappa shape index (κ3) is 2.24. The van der Waals surface area contributed by atoms with Gasteiger partial charge >= 0.3 is 0 Å². The number of aliphatic hydroxyl groups excluding tert-OH is 1. The molecule has 72 valence electrons. The first kappa shape index (κ1) is 10.1. The monoisotopic (exact) mass is 180 g/mol. The maximum Gasteiger partial charge on any atom is 0.136 e. The van der Waals surface area contributed by atoms with Crippen molar-refractivity contribution < 1.29 is 9.84 Å². The van der Waals surface area contributed by atoms with Crippen molar-refractivity contribution in [1.29, 1.82) is 0 Å². The third-order valence-electron chi connectivity index (χ3n) is 2.39. The molecule has 2 nitrogen and oxygen atoms in total. The summed E-state index contributed by atoms with van der Waals surface area (Å²) < 4.78 is 5.24. The van der Waals surface area contributed by atoms with Crippen molar-refractivity contribution in [3.8, 4) is 0 Å². The molecule has 1 aliphatic heterocycles. The normalized spacial score (nSPS) is 20.0. The van der Waals surface area contributed by atoms with E-state index < -0.39 is 6.10 Å². The van der Waals surface area contributed by atoms with E-state index in [9.17, 15) is 5.11 Å². The zero-order valence-corrected chi connectivity index (χ0v) is 8.37. The van der Waals surface area contributed by atoms with Crippen LogP contribution in [0.15, 0.2) is 29.4 Å². The molecule has 0 bridgehead atoms. The van der Waals surface area contributed by atoms with Crippen molar-refractivity contribution in [3.05, 3.63) is 29.4 Å². The summed E-state index contributed by atoms with van der Waals surface area (Å²) in [6.45, 7) is 5.98. The van der Waals surface area contributed by atoms with Gasteiger partial charge in [-0.1, -0.05) is 26.0 Å². The van der Waals surface area contributed by atoms with Gasteiger partial charge in [-0.2, -0.15) is 0 Å². The lowest BCUT2D eigenvalue weighted by molar-refractivity contribution is 0.0940. The Morgan fingerprint density at radius 3 is 2.85 bits per heavy atom. The molecule has 0 radical (unpaired) electrons. The van der Waals surface area contributed by atoms with Crippen LogP contribution in [0.4, 0.5) is 0 Å². The molecule has 0 fully saturated rings. The third-order valence-corrected chi connectivity index (χ3v) is 2.39. The number of rotatable bonds is 3. The molecule has 2 unspecified atom stereocenters. The van der Waals surface area contributed by atoms with E-state index in [4.69, 9.17) is 4.74 Å². The fourth-order valence-corrected chi connectivity index (χ4v) is 1.21. The van der Waals surface area contributed by atoms with Crippen LogP contribution in [0, 0.1) is 5.92 Å². The van der Waals surface area contributed by atoms with E-state index in [0.29, 0.717) is 5.76 Å². The van der Waals surface area contributed by atoms with Gasteiger partial charge in [0.05, 0.1) is 0 Å². The molecule has 0 saturated carbocycles. The van der Waals surface area contributed by atoms with Crippen LogP contribution in [-0.2, 0) is 4.74 Å². The summed E-state index contributed by atoms with van der Waals surface area (Å²) in [4.78, 5) is 0. The Hall–Kier alpha value is -0.980. The first-order valence-electron chi connectivity index (χ1n) is 4.63. The van der Waals surface area contributed by atoms with Gasteiger partial charge < -0.3 is 9.84 Å². The number of hydrogen-bond donors (Lipinski definition) is 1. The summed E-state index contributed by atoms with van der Waals surface area (Å²) in [5.74, 6) is 0.887. The predicted molar refractivity (Wildman–Crippen MR) is 51.9 cm³/mol. The van der Waals surface area contributed by atoms with E-state index in [-0.39, 0.29) is 5.92 Å². The van der Waals surface area contributed by atoms with Crippen LogP contribution >= 0.6 is 0 Å².